The second-order valence-electron chi connectivity index (χ2n) is 15.6. The van der Waals surface area contributed by atoms with Gasteiger partial charge in [0, 0.05) is 0 Å². The lowest BCUT2D eigenvalue weighted by Gasteiger charge is -2.05. The van der Waals surface area contributed by atoms with E-state index < -0.39 is 0 Å². The number of carbonyl (C=O) groups is 2. The fourth-order valence-electron chi connectivity index (χ4n) is 6.82. The maximum atomic E-state index is 11.8. The lowest BCUT2D eigenvalue weighted by Crippen LogP contribution is -2.06. The molecule has 0 atom stereocenters. The highest BCUT2D eigenvalue weighted by atomic mass is 16.5. The van der Waals surface area contributed by atoms with E-state index in [2.05, 4.69) is 26.0 Å². The van der Waals surface area contributed by atoms with Crippen LogP contribution in [0.15, 0.2) is 72.8 Å². The fraction of sp³-hybridized carbons (Fsp3) is 0.686. The molecule has 0 spiro atoms. The van der Waals surface area contributed by atoms with Crippen LogP contribution in [-0.4, -0.2) is 25.2 Å². The second kappa shape index (κ2) is 40.8. The van der Waals surface area contributed by atoms with Gasteiger partial charge in [-0.2, -0.15) is 0 Å². The second-order valence-corrected chi connectivity index (χ2v) is 15.6. The standard InChI is InChI=1S/C26H42O2.C25H42O2/c1-2-3-4-5-6-7-8-9-10-11-12-13-14-15-16-17-21-24-28-26(27)25-22-19-18-20-23-25;1-2-3-4-5-6-7-8-9-10-11-12-13-14-15-16-20-23-27-25(26)24-21-18-17-19-22-24/h10-11,18-20,22-23H,2-9,12-17,21,24H2,1H3;17-19,21-22H,2-16,20,23H2,1H3/b11-10-;. The maximum Gasteiger partial charge on any atom is 0.338 e. The predicted octanol–water partition coefficient (Wildman–Crippen LogP) is 16.4. The number of carbonyl (C=O) groups excluding carboxylic acids is 2. The van der Waals surface area contributed by atoms with Gasteiger partial charge >= 0.3 is 11.9 Å². The summed E-state index contributed by atoms with van der Waals surface area (Å²) >= 11 is 0. The van der Waals surface area contributed by atoms with Gasteiger partial charge in [0.1, 0.15) is 0 Å². The van der Waals surface area contributed by atoms with Gasteiger partial charge in [-0.3, -0.25) is 0 Å². The average Bonchev–Trinajstić information content (AvgIpc) is 3.22. The van der Waals surface area contributed by atoms with Crippen LogP contribution >= 0.6 is 0 Å². The average molecular weight is 761 g/mol. The van der Waals surface area contributed by atoms with E-state index in [1.165, 1.54) is 180 Å². The summed E-state index contributed by atoms with van der Waals surface area (Å²) in [5.41, 5.74) is 1.29. The highest BCUT2D eigenvalue weighted by Gasteiger charge is 2.06. The van der Waals surface area contributed by atoms with Crippen molar-refractivity contribution in [2.75, 3.05) is 13.2 Å². The third-order valence-corrected chi connectivity index (χ3v) is 10.4. The summed E-state index contributed by atoms with van der Waals surface area (Å²) in [6.45, 7) is 5.64. The van der Waals surface area contributed by atoms with Crippen LogP contribution < -0.4 is 0 Å². The molecule has 0 saturated heterocycles. The number of hydrogen-bond donors (Lipinski definition) is 0. The van der Waals surface area contributed by atoms with E-state index in [1.54, 1.807) is 24.3 Å². The van der Waals surface area contributed by atoms with Crippen molar-refractivity contribution in [2.45, 2.75) is 213 Å². The van der Waals surface area contributed by atoms with E-state index >= 15 is 0 Å². The number of rotatable bonds is 36. The van der Waals surface area contributed by atoms with Gasteiger partial charge in [-0.05, 0) is 62.8 Å². The normalized spacial score (nSPS) is 11.0. The van der Waals surface area contributed by atoms with Gasteiger partial charge in [0.2, 0.25) is 0 Å². The number of benzene rings is 2. The Morgan fingerprint density at radius 3 is 0.909 bits per heavy atom. The van der Waals surface area contributed by atoms with Crippen molar-refractivity contribution in [2.24, 2.45) is 0 Å². The Kier molecular flexibility index (Phi) is 37.2. The zero-order valence-electron chi connectivity index (χ0n) is 35.9. The molecule has 0 N–H and O–H groups in total. The molecular weight excluding hydrogens is 677 g/mol. The molecule has 0 fully saturated rings. The summed E-state index contributed by atoms with van der Waals surface area (Å²) in [5, 5.41) is 0. The van der Waals surface area contributed by atoms with Gasteiger partial charge in [-0.25, -0.2) is 9.59 Å². The minimum absolute atomic E-state index is 0.198. The van der Waals surface area contributed by atoms with Crippen molar-refractivity contribution in [1.29, 1.82) is 0 Å². The summed E-state index contributed by atoms with van der Waals surface area (Å²) in [6, 6.07) is 18.5. The molecule has 2 rings (SSSR count). The molecule has 0 bridgehead atoms. The smallest absolute Gasteiger partial charge is 0.338 e. The van der Waals surface area contributed by atoms with Crippen molar-refractivity contribution in [1.82, 2.24) is 0 Å². The van der Waals surface area contributed by atoms with Gasteiger partial charge < -0.3 is 9.47 Å². The Hall–Kier alpha value is -2.88. The first-order valence-corrected chi connectivity index (χ1v) is 23.3. The number of hydrogen-bond acceptors (Lipinski definition) is 4. The van der Waals surface area contributed by atoms with Crippen molar-refractivity contribution in [3.8, 4) is 0 Å². The fourth-order valence-corrected chi connectivity index (χ4v) is 6.82. The van der Waals surface area contributed by atoms with E-state index in [1.807, 2.05) is 36.4 Å². The first-order valence-electron chi connectivity index (χ1n) is 23.3. The molecule has 0 aliphatic carbocycles. The van der Waals surface area contributed by atoms with Gasteiger partial charge in [0.25, 0.3) is 0 Å². The van der Waals surface area contributed by atoms with Crippen LogP contribution in [0.4, 0.5) is 0 Å². The van der Waals surface area contributed by atoms with Crippen LogP contribution in [0.1, 0.15) is 234 Å². The van der Waals surface area contributed by atoms with Crippen LogP contribution in [0.2, 0.25) is 0 Å². The summed E-state index contributed by atoms with van der Waals surface area (Å²) in [5.74, 6) is -0.402. The number of unbranched alkanes of at least 4 members (excludes halogenated alkanes) is 28. The van der Waals surface area contributed by atoms with Gasteiger partial charge in [0.15, 0.2) is 0 Å². The zero-order chi connectivity index (χ0) is 39.5. The SMILES string of the molecule is CCCCCCCCC/C=C\CCCCCCCCOC(=O)c1ccccc1.CCCCCCCCCCCCCCCCCCOC(=O)c1ccccc1. The summed E-state index contributed by atoms with van der Waals surface area (Å²) in [6.07, 6.45) is 46.0. The number of ether oxygens (including phenoxy) is 2. The van der Waals surface area contributed by atoms with E-state index in [9.17, 15) is 9.59 Å². The van der Waals surface area contributed by atoms with Crippen molar-refractivity contribution < 1.29 is 19.1 Å². The Morgan fingerprint density at radius 2 is 0.618 bits per heavy atom. The molecule has 312 valence electrons. The van der Waals surface area contributed by atoms with Crippen molar-refractivity contribution in [3.63, 3.8) is 0 Å². The molecule has 4 heteroatoms. The summed E-state index contributed by atoms with van der Waals surface area (Å²) in [4.78, 5) is 23.6. The highest BCUT2D eigenvalue weighted by molar-refractivity contribution is 5.89. The molecule has 0 heterocycles. The summed E-state index contributed by atoms with van der Waals surface area (Å²) in [7, 11) is 0. The Labute approximate surface area is 340 Å². The molecule has 0 aliphatic rings. The highest BCUT2D eigenvalue weighted by Crippen LogP contribution is 2.15. The Morgan fingerprint density at radius 1 is 0.364 bits per heavy atom. The summed E-state index contributed by atoms with van der Waals surface area (Å²) < 4.78 is 10.6. The van der Waals surface area contributed by atoms with E-state index in [-0.39, 0.29) is 11.9 Å². The maximum absolute atomic E-state index is 11.8. The molecule has 0 amide bonds. The quantitative estimate of drug-likeness (QED) is 0.0394. The molecule has 0 saturated carbocycles. The van der Waals surface area contributed by atoms with Crippen LogP contribution in [-0.2, 0) is 9.47 Å². The van der Waals surface area contributed by atoms with E-state index in [0.717, 1.165) is 19.3 Å². The van der Waals surface area contributed by atoms with E-state index in [0.29, 0.717) is 24.3 Å². The van der Waals surface area contributed by atoms with Crippen molar-refractivity contribution in [3.05, 3.63) is 83.9 Å². The minimum atomic E-state index is -0.205. The molecule has 2 aromatic carbocycles. The topological polar surface area (TPSA) is 52.6 Å². The monoisotopic (exact) mass is 761 g/mol. The Bertz CT molecular complexity index is 1110. The number of esters is 2. The molecule has 0 radical (unpaired) electrons. The van der Waals surface area contributed by atoms with Gasteiger partial charge in [-0.15, -0.1) is 0 Å². The number of allylic oxidation sites excluding steroid dienone is 2. The third-order valence-electron chi connectivity index (χ3n) is 10.4. The minimum Gasteiger partial charge on any atom is -0.462 e. The molecule has 0 aliphatic heterocycles. The van der Waals surface area contributed by atoms with Crippen LogP contribution in [0, 0.1) is 0 Å². The Balaban J connectivity index is 0.000000550. The predicted molar refractivity (Wildman–Crippen MR) is 237 cm³/mol. The first-order chi connectivity index (χ1) is 27.2. The molecule has 4 nitrogen and oxygen atoms in total. The first kappa shape index (κ1) is 50.1. The molecule has 55 heavy (non-hydrogen) atoms. The molecule has 0 unspecified atom stereocenters. The van der Waals surface area contributed by atoms with Crippen LogP contribution in [0.5, 0.6) is 0 Å². The zero-order valence-corrected chi connectivity index (χ0v) is 35.9. The van der Waals surface area contributed by atoms with Gasteiger partial charge in [0.05, 0.1) is 24.3 Å². The molecular formula is C51H84O4. The largest absolute Gasteiger partial charge is 0.462 e. The lowest BCUT2D eigenvalue weighted by atomic mass is 10.0. The molecule has 0 aromatic heterocycles. The van der Waals surface area contributed by atoms with E-state index in [4.69, 9.17) is 9.47 Å². The van der Waals surface area contributed by atoms with Crippen molar-refractivity contribution >= 4 is 11.9 Å². The van der Waals surface area contributed by atoms with Crippen LogP contribution in [0.3, 0.4) is 0 Å². The van der Waals surface area contributed by atoms with Crippen LogP contribution in [0.25, 0.3) is 0 Å². The molecule has 2 aromatic rings. The third kappa shape index (κ3) is 34.1. The lowest BCUT2D eigenvalue weighted by molar-refractivity contribution is 0.0488. The van der Waals surface area contributed by atoms with Gasteiger partial charge in [-0.1, -0.05) is 223 Å².